The van der Waals surface area contributed by atoms with Crippen LogP contribution in [0.25, 0.3) is 83.6 Å². The summed E-state index contributed by atoms with van der Waals surface area (Å²) in [5.74, 6) is 0.722. The van der Waals surface area contributed by atoms with Gasteiger partial charge in [-0.25, -0.2) is 9.97 Å². The van der Waals surface area contributed by atoms with Crippen LogP contribution < -0.4 is 4.90 Å². The van der Waals surface area contributed by atoms with Gasteiger partial charge < -0.3 is 9.47 Å². The molecule has 0 aliphatic carbocycles. The molecule has 9 aromatic carbocycles. The van der Waals surface area contributed by atoms with Gasteiger partial charge in [-0.2, -0.15) is 0 Å². The molecule has 2 aromatic heterocycles. The lowest BCUT2D eigenvalue weighted by molar-refractivity contribution is 1.18. The van der Waals surface area contributed by atoms with Crippen LogP contribution in [-0.2, 0) is 0 Å². The van der Waals surface area contributed by atoms with Gasteiger partial charge in [-0.15, -0.1) is 0 Å². The smallest absolute Gasteiger partial charge is 0.160 e. The topological polar surface area (TPSA) is 34.0 Å². The van der Waals surface area contributed by atoms with E-state index in [-0.39, 0.29) is 0 Å². The zero-order chi connectivity index (χ0) is 44.7. The molecule has 0 atom stereocenters. The van der Waals surface area contributed by atoms with Gasteiger partial charge >= 0.3 is 0 Å². The number of hydrogen-bond acceptors (Lipinski definition) is 3. The zero-order valence-corrected chi connectivity index (χ0v) is 37.6. The molecule has 66 heavy (non-hydrogen) atoms. The first kappa shape index (κ1) is 40.4. The van der Waals surface area contributed by atoms with Gasteiger partial charge in [0.15, 0.2) is 5.82 Å². The minimum Gasteiger partial charge on any atom is -0.310 e. The van der Waals surface area contributed by atoms with Crippen molar-refractivity contribution in [3.8, 4) is 61.8 Å². The predicted octanol–water partition coefficient (Wildman–Crippen LogP) is 16.6. The summed E-state index contributed by atoms with van der Waals surface area (Å²) in [5.41, 5.74) is 21.4. The Kier molecular flexibility index (Phi) is 10.4. The molecule has 0 unspecified atom stereocenters. The minimum atomic E-state index is 0.722. The zero-order valence-electron chi connectivity index (χ0n) is 37.6. The lowest BCUT2D eigenvalue weighted by Crippen LogP contribution is -2.09. The van der Waals surface area contributed by atoms with E-state index in [0.29, 0.717) is 0 Å². The number of aryl methyl sites for hydroxylation is 4. The van der Waals surface area contributed by atoms with E-state index in [1.165, 1.54) is 60.8 Å². The second-order valence-corrected chi connectivity index (χ2v) is 17.5. The van der Waals surface area contributed by atoms with Crippen molar-refractivity contribution < 1.29 is 0 Å². The van der Waals surface area contributed by atoms with Crippen molar-refractivity contribution in [1.82, 2.24) is 14.5 Å². The van der Waals surface area contributed by atoms with Gasteiger partial charge in [0, 0.05) is 50.2 Å². The summed E-state index contributed by atoms with van der Waals surface area (Å²) in [4.78, 5) is 12.4. The molecule has 0 N–H and O–H groups in total. The molecule has 4 nitrogen and oxygen atoms in total. The van der Waals surface area contributed by atoms with Crippen molar-refractivity contribution in [3.05, 3.63) is 241 Å². The van der Waals surface area contributed by atoms with Gasteiger partial charge in [0.2, 0.25) is 0 Å². The van der Waals surface area contributed by atoms with Crippen molar-refractivity contribution in [1.29, 1.82) is 0 Å². The van der Waals surface area contributed by atoms with E-state index in [4.69, 9.17) is 9.97 Å². The standard InChI is InChI=1S/C62H48N4/c1-41-9-17-49(18-10-41)58-40-59(64-62(63-58)51-19-11-42(2)12-20-51)50-27-25-47(26-28-50)45-21-23-46(24-22-45)48-29-35-54(36-30-48)66-60-8-6-5-7-56(60)57-39-55(37-38-61(57)66)65(52-31-13-43(3)14-32-52)53-33-15-44(4)16-34-53/h5-40H,1-4H3. The third-order valence-electron chi connectivity index (χ3n) is 12.7. The number of nitrogens with zero attached hydrogens (tertiary/aromatic N) is 4. The van der Waals surface area contributed by atoms with Crippen molar-refractivity contribution in [2.45, 2.75) is 27.7 Å². The number of para-hydroxylation sites is 1. The Morgan fingerprint density at radius 3 is 1.20 bits per heavy atom. The van der Waals surface area contributed by atoms with Crippen LogP contribution in [0.4, 0.5) is 17.1 Å². The van der Waals surface area contributed by atoms with Gasteiger partial charge in [-0.05, 0) is 117 Å². The van der Waals surface area contributed by atoms with Crippen LogP contribution in [0.1, 0.15) is 22.3 Å². The fourth-order valence-electron chi connectivity index (χ4n) is 9.00. The van der Waals surface area contributed by atoms with Crippen molar-refractivity contribution >= 4 is 38.9 Å². The summed E-state index contributed by atoms with van der Waals surface area (Å²) in [6.07, 6.45) is 0. The fraction of sp³-hybridized carbons (Fsp3) is 0.0645. The molecule has 0 radical (unpaired) electrons. The average Bonchev–Trinajstić information content (AvgIpc) is 3.69. The fourth-order valence-corrected chi connectivity index (χ4v) is 9.00. The highest BCUT2D eigenvalue weighted by Gasteiger charge is 2.18. The van der Waals surface area contributed by atoms with Crippen LogP contribution in [-0.4, -0.2) is 14.5 Å². The number of benzene rings is 9. The van der Waals surface area contributed by atoms with Crippen molar-refractivity contribution in [3.63, 3.8) is 0 Å². The summed E-state index contributed by atoms with van der Waals surface area (Å²) in [6.45, 7) is 8.47. The Labute approximate surface area is 386 Å². The van der Waals surface area contributed by atoms with Gasteiger partial charge in [-0.1, -0.05) is 174 Å². The van der Waals surface area contributed by atoms with Gasteiger partial charge in [0.05, 0.1) is 22.4 Å². The second-order valence-electron chi connectivity index (χ2n) is 17.5. The van der Waals surface area contributed by atoms with Crippen LogP contribution in [0.3, 0.4) is 0 Å². The van der Waals surface area contributed by atoms with E-state index < -0.39 is 0 Å². The van der Waals surface area contributed by atoms with Crippen LogP contribution in [0, 0.1) is 27.7 Å². The van der Waals surface area contributed by atoms with Crippen LogP contribution >= 0.6 is 0 Å². The van der Waals surface area contributed by atoms with E-state index in [1.54, 1.807) is 0 Å². The molecule has 0 spiro atoms. The van der Waals surface area contributed by atoms with E-state index >= 15 is 0 Å². The molecule has 4 heteroatoms. The Bertz CT molecular complexity index is 3380. The molecular weight excluding hydrogens is 801 g/mol. The molecule has 2 heterocycles. The first-order chi connectivity index (χ1) is 32.3. The van der Waals surface area contributed by atoms with Gasteiger partial charge in [0.25, 0.3) is 0 Å². The average molecular weight is 849 g/mol. The molecule has 316 valence electrons. The maximum atomic E-state index is 5.07. The monoisotopic (exact) mass is 848 g/mol. The quantitative estimate of drug-likeness (QED) is 0.145. The molecule has 0 aliphatic rings. The maximum absolute atomic E-state index is 5.07. The van der Waals surface area contributed by atoms with E-state index in [2.05, 4.69) is 256 Å². The number of rotatable bonds is 9. The van der Waals surface area contributed by atoms with E-state index in [9.17, 15) is 0 Å². The summed E-state index contributed by atoms with van der Waals surface area (Å²) in [5, 5.41) is 2.45. The molecular formula is C62H48N4. The Balaban J connectivity index is 0.871. The molecule has 0 saturated carbocycles. The molecule has 11 aromatic rings. The lowest BCUT2D eigenvalue weighted by atomic mass is 9.98. The maximum Gasteiger partial charge on any atom is 0.160 e. The van der Waals surface area contributed by atoms with Crippen LogP contribution in [0.2, 0.25) is 0 Å². The lowest BCUT2D eigenvalue weighted by Gasteiger charge is -2.26. The number of anilines is 3. The largest absolute Gasteiger partial charge is 0.310 e. The van der Waals surface area contributed by atoms with E-state index in [1.807, 2.05) is 0 Å². The molecule has 0 bridgehead atoms. The third kappa shape index (κ3) is 7.84. The highest BCUT2D eigenvalue weighted by atomic mass is 15.1. The molecule has 11 rings (SSSR count). The summed E-state index contributed by atoms with van der Waals surface area (Å²) in [7, 11) is 0. The molecule has 0 amide bonds. The number of hydrogen-bond donors (Lipinski definition) is 0. The highest BCUT2D eigenvalue weighted by Crippen LogP contribution is 2.40. The number of fused-ring (bicyclic) bond motifs is 3. The summed E-state index contributed by atoms with van der Waals surface area (Å²) < 4.78 is 2.39. The predicted molar refractivity (Wildman–Crippen MR) is 277 cm³/mol. The Morgan fingerprint density at radius 1 is 0.318 bits per heavy atom. The minimum absolute atomic E-state index is 0.722. The second kappa shape index (κ2) is 17.0. The SMILES string of the molecule is Cc1ccc(-c2cc(-c3ccc(-c4ccc(-c5ccc(-n6c7ccccc7c7cc(N(c8ccc(C)cc8)c8ccc(C)cc8)ccc76)cc5)cc4)cc3)nc(-c3ccc(C)cc3)n2)cc1. The van der Waals surface area contributed by atoms with Crippen LogP contribution in [0.15, 0.2) is 218 Å². The third-order valence-corrected chi connectivity index (χ3v) is 12.7. The highest BCUT2D eigenvalue weighted by molar-refractivity contribution is 6.10. The number of aromatic nitrogens is 3. The van der Waals surface area contributed by atoms with Gasteiger partial charge in [0.1, 0.15) is 0 Å². The Morgan fingerprint density at radius 2 is 0.697 bits per heavy atom. The van der Waals surface area contributed by atoms with Crippen LogP contribution in [0.5, 0.6) is 0 Å². The Hall–Kier alpha value is -8.34. The van der Waals surface area contributed by atoms with Crippen molar-refractivity contribution in [2.24, 2.45) is 0 Å². The van der Waals surface area contributed by atoms with Crippen molar-refractivity contribution in [2.75, 3.05) is 4.90 Å². The molecule has 0 fully saturated rings. The summed E-state index contributed by atoms with van der Waals surface area (Å²) in [6, 6.07) is 78.8. The summed E-state index contributed by atoms with van der Waals surface area (Å²) >= 11 is 0. The molecule has 0 aliphatic heterocycles. The van der Waals surface area contributed by atoms with Gasteiger partial charge in [-0.3, -0.25) is 0 Å². The first-order valence-corrected chi connectivity index (χ1v) is 22.6. The normalized spacial score (nSPS) is 11.3. The first-order valence-electron chi connectivity index (χ1n) is 22.6. The molecule has 0 saturated heterocycles. The van der Waals surface area contributed by atoms with E-state index in [0.717, 1.165) is 62.2 Å².